The maximum absolute atomic E-state index is 13.9. The van der Waals surface area contributed by atoms with E-state index in [-0.39, 0.29) is 43.2 Å². The predicted molar refractivity (Wildman–Crippen MR) is 198 cm³/mol. The maximum Gasteiger partial charge on any atom is 0.322 e. The Kier molecular flexibility index (Phi) is 12.5. The standard InChI is InChI=1S/C39H43Cl2N5O2/c1-28(27-46(37-23-13-10-20-34(37)42)39(48)44-36-22-12-9-19-33(36)41)26-45(38(47)43-35-21-11-8-18-32(35)40)25-24-31(29-14-4-2-5-15-29)30-16-6-3-7-17-30/h2-9,11-12,14-19,21-22,31,34,37H,1,10,13,20,23-27,42H2,(H,43,47)(H,44,48)/t34-,37+/m0/s1. The highest BCUT2D eigenvalue weighted by atomic mass is 35.5. The summed E-state index contributed by atoms with van der Waals surface area (Å²) >= 11 is 12.8. The van der Waals surface area contributed by atoms with Crippen LogP contribution >= 0.6 is 23.2 Å². The van der Waals surface area contributed by atoms with E-state index < -0.39 is 0 Å². The van der Waals surface area contributed by atoms with Crippen LogP contribution in [0.5, 0.6) is 0 Å². The van der Waals surface area contributed by atoms with Gasteiger partial charge in [0, 0.05) is 37.6 Å². The Morgan fingerprint density at radius 2 is 1.23 bits per heavy atom. The van der Waals surface area contributed by atoms with Crippen molar-refractivity contribution in [2.45, 2.75) is 50.1 Å². The van der Waals surface area contributed by atoms with Gasteiger partial charge in [0.15, 0.2) is 0 Å². The number of halogens is 2. The van der Waals surface area contributed by atoms with Crippen LogP contribution in [0.25, 0.3) is 0 Å². The zero-order valence-corrected chi connectivity index (χ0v) is 28.5. The molecule has 250 valence electrons. The monoisotopic (exact) mass is 683 g/mol. The first-order valence-electron chi connectivity index (χ1n) is 16.4. The summed E-state index contributed by atoms with van der Waals surface area (Å²) in [6, 6.07) is 34.0. The van der Waals surface area contributed by atoms with Gasteiger partial charge in [-0.15, -0.1) is 0 Å². The molecule has 0 bridgehead atoms. The minimum Gasteiger partial charge on any atom is -0.326 e. The van der Waals surface area contributed by atoms with E-state index in [1.165, 1.54) is 11.1 Å². The maximum atomic E-state index is 13.9. The first-order chi connectivity index (χ1) is 23.3. The average molecular weight is 685 g/mol. The highest BCUT2D eigenvalue weighted by Gasteiger charge is 2.32. The van der Waals surface area contributed by atoms with Crippen molar-refractivity contribution in [3.05, 3.63) is 143 Å². The topological polar surface area (TPSA) is 90.7 Å². The molecule has 1 aliphatic rings. The van der Waals surface area contributed by atoms with Crippen molar-refractivity contribution in [1.82, 2.24) is 9.80 Å². The predicted octanol–water partition coefficient (Wildman–Crippen LogP) is 9.41. The van der Waals surface area contributed by atoms with Gasteiger partial charge in [-0.2, -0.15) is 0 Å². The molecule has 0 unspecified atom stereocenters. The largest absolute Gasteiger partial charge is 0.326 e. The third-order valence-electron chi connectivity index (χ3n) is 8.86. The van der Waals surface area contributed by atoms with Gasteiger partial charge in [0.1, 0.15) is 0 Å². The van der Waals surface area contributed by atoms with Crippen molar-refractivity contribution in [1.29, 1.82) is 0 Å². The molecule has 7 nitrogen and oxygen atoms in total. The first kappa shape index (κ1) is 35.0. The van der Waals surface area contributed by atoms with E-state index in [9.17, 15) is 9.59 Å². The molecule has 4 aromatic carbocycles. The number of nitrogens with two attached hydrogens (primary N) is 1. The molecule has 4 amide bonds. The van der Waals surface area contributed by atoms with Gasteiger partial charge in [0.2, 0.25) is 0 Å². The van der Waals surface area contributed by atoms with E-state index in [1.807, 2.05) is 60.7 Å². The Balaban J connectivity index is 1.38. The Labute approximate surface area is 293 Å². The van der Waals surface area contributed by atoms with Crippen LogP contribution in [0, 0.1) is 0 Å². The number of rotatable bonds is 12. The van der Waals surface area contributed by atoms with Crippen LogP contribution in [0.1, 0.15) is 49.1 Å². The first-order valence-corrected chi connectivity index (χ1v) is 17.2. The Hall–Kier alpha value is -4.30. The third-order valence-corrected chi connectivity index (χ3v) is 9.52. The number of nitrogens with one attached hydrogen (secondary N) is 2. The second-order valence-corrected chi connectivity index (χ2v) is 13.1. The summed E-state index contributed by atoms with van der Waals surface area (Å²) in [6.07, 6.45) is 4.30. The highest BCUT2D eigenvalue weighted by molar-refractivity contribution is 6.34. The van der Waals surface area contributed by atoms with Crippen LogP contribution in [0.4, 0.5) is 21.0 Å². The van der Waals surface area contributed by atoms with Gasteiger partial charge in [0.25, 0.3) is 0 Å². The summed E-state index contributed by atoms with van der Waals surface area (Å²) in [5, 5.41) is 6.87. The molecule has 0 radical (unpaired) electrons. The van der Waals surface area contributed by atoms with E-state index in [2.05, 4.69) is 41.5 Å². The second-order valence-electron chi connectivity index (χ2n) is 12.3. The molecule has 1 aliphatic carbocycles. The van der Waals surface area contributed by atoms with Crippen LogP contribution in [-0.2, 0) is 0 Å². The zero-order valence-electron chi connectivity index (χ0n) is 27.0. The molecule has 1 fully saturated rings. The van der Waals surface area contributed by atoms with Crippen molar-refractivity contribution in [3.63, 3.8) is 0 Å². The zero-order chi connectivity index (χ0) is 33.9. The Morgan fingerprint density at radius 3 is 1.77 bits per heavy atom. The average Bonchev–Trinajstić information content (AvgIpc) is 3.10. The molecule has 0 saturated heterocycles. The number of hydrogen-bond acceptors (Lipinski definition) is 3. The summed E-state index contributed by atoms with van der Waals surface area (Å²) < 4.78 is 0. The van der Waals surface area contributed by atoms with Gasteiger partial charge in [-0.25, -0.2) is 9.59 Å². The number of urea groups is 2. The molecule has 1 saturated carbocycles. The second kappa shape index (κ2) is 17.2. The fourth-order valence-electron chi connectivity index (χ4n) is 6.37. The van der Waals surface area contributed by atoms with Gasteiger partial charge < -0.3 is 26.2 Å². The lowest BCUT2D eigenvalue weighted by Gasteiger charge is -2.39. The molecule has 4 N–H and O–H groups in total. The lowest BCUT2D eigenvalue weighted by molar-refractivity contribution is 0.160. The van der Waals surface area contributed by atoms with Gasteiger partial charge in [0.05, 0.1) is 21.4 Å². The minimum absolute atomic E-state index is 0.0643. The number of amides is 4. The molecular weight excluding hydrogens is 641 g/mol. The minimum atomic E-state index is -0.300. The van der Waals surface area contributed by atoms with Crippen LogP contribution in [-0.4, -0.2) is 53.6 Å². The van der Waals surface area contributed by atoms with Crippen molar-refractivity contribution in [3.8, 4) is 0 Å². The van der Waals surface area contributed by atoms with E-state index in [1.54, 1.807) is 34.1 Å². The van der Waals surface area contributed by atoms with Gasteiger partial charge in [-0.3, -0.25) is 0 Å². The van der Waals surface area contributed by atoms with Crippen LogP contribution in [0.3, 0.4) is 0 Å². The van der Waals surface area contributed by atoms with Crippen LogP contribution < -0.4 is 16.4 Å². The van der Waals surface area contributed by atoms with E-state index in [0.717, 1.165) is 25.7 Å². The molecule has 2 atom stereocenters. The molecule has 5 rings (SSSR count). The molecular formula is C39H43Cl2N5O2. The Morgan fingerprint density at radius 1 is 0.729 bits per heavy atom. The van der Waals surface area contributed by atoms with Crippen molar-refractivity contribution < 1.29 is 9.59 Å². The lowest BCUT2D eigenvalue weighted by atomic mass is 9.88. The number of anilines is 2. The van der Waals surface area contributed by atoms with Crippen molar-refractivity contribution >= 4 is 46.6 Å². The summed E-state index contributed by atoms with van der Waals surface area (Å²) in [5.41, 5.74) is 10.7. The molecule has 0 heterocycles. The van der Waals surface area contributed by atoms with Crippen molar-refractivity contribution in [2.75, 3.05) is 30.3 Å². The quantitative estimate of drug-likeness (QED) is 0.130. The molecule has 48 heavy (non-hydrogen) atoms. The fraction of sp³-hybridized carbons (Fsp3) is 0.282. The summed E-state index contributed by atoms with van der Waals surface area (Å²) in [6.45, 7) is 5.26. The smallest absolute Gasteiger partial charge is 0.322 e. The number of carbonyl (C=O) groups excluding carboxylic acids is 2. The third kappa shape index (κ3) is 9.41. The highest BCUT2D eigenvalue weighted by Crippen LogP contribution is 2.30. The van der Waals surface area contributed by atoms with E-state index in [4.69, 9.17) is 28.9 Å². The Bertz CT molecular complexity index is 1630. The summed E-state index contributed by atoms with van der Waals surface area (Å²) in [5.74, 6) is 0.0643. The molecule has 0 aliphatic heterocycles. The van der Waals surface area contributed by atoms with Crippen LogP contribution in [0.15, 0.2) is 121 Å². The van der Waals surface area contributed by atoms with Crippen LogP contribution in [0.2, 0.25) is 10.0 Å². The number of hydrogen-bond donors (Lipinski definition) is 3. The van der Waals surface area contributed by atoms with E-state index >= 15 is 0 Å². The van der Waals surface area contributed by atoms with Gasteiger partial charge in [-0.1, -0.05) is 128 Å². The number of nitrogens with zero attached hydrogens (tertiary/aromatic N) is 2. The number of benzene rings is 4. The van der Waals surface area contributed by atoms with Gasteiger partial charge in [-0.05, 0) is 60.2 Å². The van der Waals surface area contributed by atoms with Crippen molar-refractivity contribution in [2.24, 2.45) is 5.73 Å². The summed E-state index contributed by atoms with van der Waals surface area (Å²) in [4.78, 5) is 31.3. The number of carbonyl (C=O) groups is 2. The van der Waals surface area contributed by atoms with E-state index in [0.29, 0.717) is 40.0 Å². The van der Waals surface area contributed by atoms with Gasteiger partial charge >= 0.3 is 12.1 Å². The normalized spacial score (nSPS) is 15.8. The number of para-hydroxylation sites is 2. The lowest BCUT2D eigenvalue weighted by Crippen LogP contribution is -2.54. The summed E-state index contributed by atoms with van der Waals surface area (Å²) in [7, 11) is 0. The molecule has 0 spiro atoms. The molecule has 4 aromatic rings. The molecule has 0 aromatic heterocycles. The SMILES string of the molecule is C=C(CN(CCC(c1ccccc1)c1ccccc1)C(=O)Nc1ccccc1Cl)CN(C(=O)Nc1ccccc1Cl)[C@@H]1CCCC[C@@H]1N. The fourth-order valence-corrected chi connectivity index (χ4v) is 6.73. The molecule has 9 heteroatoms.